The molecule has 2 aromatic rings. The van der Waals surface area contributed by atoms with Crippen molar-refractivity contribution in [2.45, 2.75) is 71.5 Å². The van der Waals surface area contributed by atoms with E-state index in [2.05, 4.69) is 51.0 Å². The van der Waals surface area contributed by atoms with E-state index >= 15 is 0 Å². The van der Waals surface area contributed by atoms with Crippen LogP contribution in [0.5, 0.6) is 0 Å². The van der Waals surface area contributed by atoms with Gasteiger partial charge in [0.25, 0.3) is 0 Å². The monoisotopic (exact) mass is 320 g/mol. The minimum atomic E-state index is 0.172. The van der Waals surface area contributed by atoms with Crippen molar-refractivity contribution in [3.63, 3.8) is 0 Å². The van der Waals surface area contributed by atoms with Gasteiger partial charge in [-0.05, 0) is 19.8 Å². The first-order valence-corrected chi connectivity index (χ1v) is 8.94. The summed E-state index contributed by atoms with van der Waals surface area (Å²) in [6, 6.07) is 0.172. The highest BCUT2D eigenvalue weighted by Gasteiger charge is 2.19. The third-order valence-electron chi connectivity index (χ3n) is 4.06. The summed E-state index contributed by atoms with van der Waals surface area (Å²) in [7, 11) is 0. The first kappa shape index (κ1) is 15.6. The van der Waals surface area contributed by atoms with E-state index in [1.165, 1.54) is 19.3 Å². The molecule has 0 spiro atoms. The Morgan fingerprint density at radius 2 is 1.95 bits per heavy atom. The predicted molar refractivity (Wildman–Crippen MR) is 86.8 cm³/mol. The van der Waals surface area contributed by atoms with E-state index in [0.29, 0.717) is 5.92 Å². The van der Waals surface area contributed by atoms with Crippen molar-refractivity contribution in [2.24, 2.45) is 0 Å². The van der Waals surface area contributed by atoms with Gasteiger partial charge in [-0.1, -0.05) is 31.6 Å². The van der Waals surface area contributed by atoms with Gasteiger partial charge in [0.15, 0.2) is 0 Å². The average Bonchev–Trinajstić information content (AvgIpc) is 3.07. The highest BCUT2D eigenvalue weighted by molar-refractivity contribution is 7.11. The van der Waals surface area contributed by atoms with Crippen molar-refractivity contribution in [1.82, 2.24) is 30.3 Å². The SMILES string of the molecule is CC(C)c1nnc(CNC(C)c2nnc3n2CCCCC3)s1. The van der Waals surface area contributed by atoms with Crippen LogP contribution in [-0.2, 0) is 19.5 Å². The van der Waals surface area contributed by atoms with E-state index in [9.17, 15) is 0 Å². The number of hydrogen-bond acceptors (Lipinski definition) is 6. The van der Waals surface area contributed by atoms with Gasteiger partial charge < -0.3 is 9.88 Å². The molecule has 1 unspecified atom stereocenters. The standard InChI is InChI=1S/C15H24N6S/c1-10(2)15-20-18-13(22-15)9-16-11(3)14-19-17-12-7-5-4-6-8-21(12)14/h10-11,16H,4-9H2,1-3H3. The molecule has 1 atom stereocenters. The van der Waals surface area contributed by atoms with Gasteiger partial charge in [-0.15, -0.1) is 20.4 Å². The zero-order valence-corrected chi connectivity index (χ0v) is 14.4. The second-order valence-corrected chi connectivity index (χ2v) is 7.32. The lowest BCUT2D eigenvalue weighted by molar-refractivity contribution is 0.500. The Balaban J connectivity index is 1.64. The zero-order chi connectivity index (χ0) is 15.5. The fourth-order valence-corrected chi connectivity index (χ4v) is 3.53. The fraction of sp³-hybridized carbons (Fsp3) is 0.733. The van der Waals surface area contributed by atoms with Crippen molar-refractivity contribution in [2.75, 3.05) is 0 Å². The Kier molecular flexibility index (Phi) is 4.83. The molecule has 22 heavy (non-hydrogen) atoms. The maximum absolute atomic E-state index is 4.40. The normalized spacial score (nSPS) is 16.5. The summed E-state index contributed by atoms with van der Waals surface area (Å²) >= 11 is 1.68. The Hall–Kier alpha value is -1.34. The van der Waals surface area contributed by atoms with E-state index in [1.807, 2.05) is 0 Å². The molecule has 1 aliphatic heterocycles. The Morgan fingerprint density at radius 3 is 2.73 bits per heavy atom. The molecule has 1 N–H and O–H groups in total. The van der Waals surface area contributed by atoms with Crippen LogP contribution in [0, 0.1) is 0 Å². The molecule has 0 bridgehead atoms. The zero-order valence-electron chi connectivity index (χ0n) is 13.5. The van der Waals surface area contributed by atoms with Crippen LogP contribution in [-0.4, -0.2) is 25.0 Å². The van der Waals surface area contributed by atoms with Gasteiger partial charge in [0.05, 0.1) is 12.6 Å². The third-order valence-corrected chi connectivity index (χ3v) is 5.29. The maximum Gasteiger partial charge on any atom is 0.149 e. The smallest absolute Gasteiger partial charge is 0.149 e. The molecule has 0 aliphatic carbocycles. The highest BCUT2D eigenvalue weighted by atomic mass is 32.1. The number of hydrogen-bond donors (Lipinski definition) is 1. The van der Waals surface area contributed by atoms with Crippen molar-refractivity contribution >= 4 is 11.3 Å². The number of fused-ring (bicyclic) bond motifs is 1. The number of aromatic nitrogens is 5. The van der Waals surface area contributed by atoms with E-state index in [1.54, 1.807) is 11.3 Å². The van der Waals surface area contributed by atoms with Crippen LogP contribution >= 0.6 is 11.3 Å². The Bertz CT molecular complexity index is 617. The molecule has 0 fully saturated rings. The highest BCUT2D eigenvalue weighted by Crippen LogP contribution is 2.21. The summed E-state index contributed by atoms with van der Waals surface area (Å²) in [6.45, 7) is 8.21. The van der Waals surface area contributed by atoms with E-state index in [0.717, 1.165) is 41.2 Å². The molecule has 120 valence electrons. The molecule has 6 nitrogen and oxygen atoms in total. The van der Waals surface area contributed by atoms with Gasteiger partial charge in [-0.25, -0.2) is 0 Å². The molecule has 0 radical (unpaired) electrons. The van der Waals surface area contributed by atoms with Gasteiger partial charge >= 0.3 is 0 Å². The van der Waals surface area contributed by atoms with E-state index < -0.39 is 0 Å². The lowest BCUT2D eigenvalue weighted by atomic mass is 10.2. The van der Waals surface area contributed by atoms with Crippen molar-refractivity contribution in [1.29, 1.82) is 0 Å². The molecule has 3 rings (SSSR count). The third kappa shape index (κ3) is 3.35. The summed E-state index contributed by atoms with van der Waals surface area (Å²) in [4.78, 5) is 0. The van der Waals surface area contributed by atoms with Crippen LogP contribution in [0.25, 0.3) is 0 Å². The largest absolute Gasteiger partial charge is 0.314 e. The number of nitrogens with one attached hydrogen (secondary N) is 1. The van der Waals surface area contributed by atoms with Gasteiger partial charge in [-0.2, -0.15) is 0 Å². The van der Waals surface area contributed by atoms with Gasteiger partial charge in [0.1, 0.15) is 21.7 Å². The van der Waals surface area contributed by atoms with Gasteiger partial charge in [-0.3, -0.25) is 0 Å². The first-order chi connectivity index (χ1) is 10.6. The Morgan fingerprint density at radius 1 is 1.09 bits per heavy atom. The molecule has 1 aliphatic rings. The first-order valence-electron chi connectivity index (χ1n) is 8.12. The maximum atomic E-state index is 4.40. The molecular formula is C15H24N6S. The summed E-state index contributed by atoms with van der Waals surface area (Å²) in [6.07, 6.45) is 4.78. The number of nitrogens with zero attached hydrogens (tertiary/aromatic N) is 5. The van der Waals surface area contributed by atoms with Crippen molar-refractivity contribution in [3.05, 3.63) is 21.7 Å². The van der Waals surface area contributed by atoms with Crippen molar-refractivity contribution in [3.8, 4) is 0 Å². The predicted octanol–water partition coefficient (Wildman–Crippen LogP) is 2.83. The fourth-order valence-electron chi connectivity index (χ4n) is 2.73. The van der Waals surface area contributed by atoms with E-state index in [-0.39, 0.29) is 6.04 Å². The molecular weight excluding hydrogens is 296 g/mol. The molecule has 3 heterocycles. The number of rotatable bonds is 5. The average molecular weight is 320 g/mol. The molecule has 0 saturated heterocycles. The topological polar surface area (TPSA) is 68.5 Å². The van der Waals surface area contributed by atoms with Gasteiger partial charge in [0.2, 0.25) is 0 Å². The molecule has 0 aromatic carbocycles. The lowest BCUT2D eigenvalue weighted by Gasteiger charge is -2.14. The lowest BCUT2D eigenvalue weighted by Crippen LogP contribution is -2.22. The van der Waals surface area contributed by atoms with Crippen molar-refractivity contribution < 1.29 is 0 Å². The van der Waals surface area contributed by atoms with Crippen LogP contribution in [0.2, 0.25) is 0 Å². The number of aryl methyl sites for hydroxylation is 1. The quantitative estimate of drug-likeness (QED) is 0.917. The second-order valence-electron chi connectivity index (χ2n) is 6.23. The second kappa shape index (κ2) is 6.83. The molecule has 7 heteroatoms. The van der Waals surface area contributed by atoms with Crippen LogP contribution in [0.4, 0.5) is 0 Å². The summed E-state index contributed by atoms with van der Waals surface area (Å²) in [5.41, 5.74) is 0. The Labute approximate surface area is 135 Å². The summed E-state index contributed by atoms with van der Waals surface area (Å²) in [5, 5.41) is 22.9. The van der Waals surface area contributed by atoms with Crippen LogP contribution in [0.3, 0.4) is 0 Å². The minimum absolute atomic E-state index is 0.172. The van der Waals surface area contributed by atoms with Gasteiger partial charge in [0, 0.05) is 18.9 Å². The molecule has 0 amide bonds. The van der Waals surface area contributed by atoms with Crippen LogP contribution < -0.4 is 5.32 Å². The van der Waals surface area contributed by atoms with Crippen LogP contribution in [0.1, 0.15) is 73.7 Å². The van der Waals surface area contributed by atoms with Crippen LogP contribution in [0.15, 0.2) is 0 Å². The summed E-state index contributed by atoms with van der Waals surface area (Å²) in [5.74, 6) is 2.63. The molecule has 0 saturated carbocycles. The summed E-state index contributed by atoms with van der Waals surface area (Å²) < 4.78 is 2.30. The minimum Gasteiger partial charge on any atom is -0.314 e. The molecule has 2 aromatic heterocycles. The van der Waals surface area contributed by atoms with E-state index in [4.69, 9.17) is 0 Å².